The zero-order valence-corrected chi connectivity index (χ0v) is 17.2. The van der Waals surface area contributed by atoms with Gasteiger partial charge in [-0.1, -0.05) is 6.07 Å². The van der Waals surface area contributed by atoms with Gasteiger partial charge in [-0.2, -0.15) is 0 Å². The zero-order chi connectivity index (χ0) is 24.7. The topological polar surface area (TPSA) is 176 Å². The maximum Gasteiger partial charge on any atom is 0.335 e. The van der Waals surface area contributed by atoms with Crippen LogP contribution in [0.1, 0.15) is 42.5 Å². The van der Waals surface area contributed by atoms with E-state index >= 15 is 0 Å². The predicted octanol–water partition coefficient (Wildman–Crippen LogP) is 3.21. The van der Waals surface area contributed by atoms with Gasteiger partial charge in [-0.05, 0) is 42.5 Å². The van der Waals surface area contributed by atoms with Crippen molar-refractivity contribution in [2.24, 2.45) is 9.98 Å². The second-order valence-corrected chi connectivity index (χ2v) is 6.62. The Morgan fingerprint density at radius 1 is 0.735 bits per heavy atom. The third-order valence-corrected chi connectivity index (χ3v) is 4.22. The molecule has 0 aliphatic heterocycles. The van der Waals surface area contributed by atoms with Crippen molar-refractivity contribution >= 4 is 48.2 Å². The van der Waals surface area contributed by atoms with Crippen LogP contribution in [0.15, 0.2) is 64.6 Å². The van der Waals surface area contributed by atoms with Crippen LogP contribution in [-0.4, -0.2) is 57.1 Å². The number of carboxylic acids is 3. The van der Waals surface area contributed by atoms with E-state index in [4.69, 9.17) is 14.9 Å². The summed E-state index contributed by atoms with van der Waals surface area (Å²) >= 11 is 0. The van der Waals surface area contributed by atoms with E-state index in [-0.39, 0.29) is 40.3 Å². The van der Waals surface area contributed by atoms with Gasteiger partial charge in [0.15, 0.2) is 0 Å². The molecule has 0 radical (unpaired) electrons. The van der Waals surface area contributed by atoms with Crippen LogP contribution in [0.2, 0.25) is 0 Å². The number of carbonyl (C=O) groups is 4. The standard InChI is InChI=1S/C23H15N3O8/c27-12-34-20-8-15(23(32)33)7-19(9-20)25-11-17-3-1-2-16(26-17)10-24-18-5-13(21(28)29)4-14(6-18)22(30)31/h1-12H,(H,28,29)(H,30,31)(H,32,33). The average molecular weight is 461 g/mol. The molecule has 0 aliphatic carbocycles. The summed E-state index contributed by atoms with van der Waals surface area (Å²) < 4.78 is 4.70. The van der Waals surface area contributed by atoms with Gasteiger partial charge in [0.05, 0.1) is 51.9 Å². The number of carboxylic acid groups (broad SMARTS) is 3. The van der Waals surface area contributed by atoms with E-state index in [1.807, 2.05) is 0 Å². The summed E-state index contributed by atoms with van der Waals surface area (Å²) in [6, 6.07) is 12.2. The van der Waals surface area contributed by atoms with E-state index in [0.717, 1.165) is 6.07 Å². The molecule has 11 nitrogen and oxygen atoms in total. The van der Waals surface area contributed by atoms with E-state index in [9.17, 15) is 24.3 Å². The highest BCUT2D eigenvalue weighted by Gasteiger charge is 2.11. The summed E-state index contributed by atoms with van der Waals surface area (Å²) in [4.78, 5) is 56.8. The lowest BCUT2D eigenvalue weighted by atomic mass is 10.1. The molecule has 1 aromatic heterocycles. The van der Waals surface area contributed by atoms with Crippen LogP contribution in [-0.2, 0) is 4.79 Å². The number of carbonyl (C=O) groups excluding carboxylic acids is 1. The van der Waals surface area contributed by atoms with Crippen LogP contribution >= 0.6 is 0 Å². The first kappa shape index (κ1) is 23.5. The van der Waals surface area contributed by atoms with Crippen molar-refractivity contribution in [3.63, 3.8) is 0 Å². The Labute approximate surface area is 191 Å². The van der Waals surface area contributed by atoms with E-state index in [1.54, 1.807) is 18.2 Å². The maximum atomic E-state index is 11.2. The minimum atomic E-state index is -1.29. The van der Waals surface area contributed by atoms with Crippen LogP contribution in [0.5, 0.6) is 5.75 Å². The number of benzene rings is 2. The summed E-state index contributed by atoms with van der Waals surface area (Å²) in [6.45, 7) is 0.171. The minimum Gasteiger partial charge on any atom is -0.478 e. The molecule has 2 aromatic carbocycles. The lowest BCUT2D eigenvalue weighted by Crippen LogP contribution is -2.02. The van der Waals surface area contributed by atoms with Crippen molar-refractivity contribution in [1.29, 1.82) is 0 Å². The number of ether oxygens (including phenoxy) is 1. The first-order valence-corrected chi connectivity index (χ1v) is 9.41. The first-order chi connectivity index (χ1) is 16.2. The molecule has 0 saturated heterocycles. The third-order valence-electron chi connectivity index (χ3n) is 4.22. The van der Waals surface area contributed by atoms with Crippen molar-refractivity contribution in [2.45, 2.75) is 0 Å². The first-order valence-electron chi connectivity index (χ1n) is 9.41. The van der Waals surface area contributed by atoms with E-state index in [1.165, 1.54) is 42.8 Å². The summed E-state index contributed by atoms with van der Waals surface area (Å²) in [6.07, 6.45) is 2.68. The normalized spacial score (nSPS) is 10.9. The largest absolute Gasteiger partial charge is 0.478 e. The van der Waals surface area contributed by atoms with Gasteiger partial charge in [0, 0.05) is 6.07 Å². The predicted molar refractivity (Wildman–Crippen MR) is 119 cm³/mol. The molecule has 34 heavy (non-hydrogen) atoms. The van der Waals surface area contributed by atoms with Crippen molar-refractivity contribution < 1.29 is 39.2 Å². The molecule has 3 rings (SSSR count). The number of pyridine rings is 1. The minimum absolute atomic E-state index is 0.0141. The average Bonchev–Trinajstić information content (AvgIpc) is 2.81. The fraction of sp³-hybridized carbons (Fsp3) is 0. The monoisotopic (exact) mass is 461 g/mol. The van der Waals surface area contributed by atoms with Crippen molar-refractivity contribution in [1.82, 2.24) is 4.98 Å². The maximum absolute atomic E-state index is 11.2. The second-order valence-electron chi connectivity index (χ2n) is 6.62. The number of hydrogen-bond acceptors (Lipinski definition) is 8. The number of aromatic carboxylic acids is 3. The lowest BCUT2D eigenvalue weighted by molar-refractivity contribution is -0.120. The third kappa shape index (κ3) is 6.17. The molecule has 3 N–H and O–H groups in total. The van der Waals surface area contributed by atoms with Crippen LogP contribution in [0.4, 0.5) is 11.4 Å². The van der Waals surface area contributed by atoms with E-state index < -0.39 is 17.9 Å². The SMILES string of the molecule is O=COc1cc(N=Cc2cccc(C=Nc3cc(C(=O)O)cc(C(=O)O)c3)n2)cc(C(=O)O)c1. The molecule has 0 unspecified atom stereocenters. The summed E-state index contributed by atoms with van der Waals surface area (Å²) in [7, 11) is 0. The molecule has 0 aliphatic rings. The van der Waals surface area contributed by atoms with Crippen molar-refractivity contribution in [3.8, 4) is 5.75 Å². The number of rotatable bonds is 9. The molecular weight excluding hydrogens is 446 g/mol. The number of nitrogens with zero attached hydrogens (tertiary/aromatic N) is 3. The molecule has 0 spiro atoms. The van der Waals surface area contributed by atoms with E-state index in [0.29, 0.717) is 11.4 Å². The van der Waals surface area contributed by atoms with Crippen LogP contribution in [0.3, 0.4) is 0 Å². The quantitative estimate of drug-likeness (QED) is 0.319. The number of aliphatic imine (C=N–C) groups is 2. The molecule has 0 saturated carbocycles. The van der Waals surface area contributed by atoms with Crippen LogP contribution < -0.4 is 4.74 Å². The summed E-state index contributed by atoms with van der Waals surface area (Å²) in [5, 5.41) is 27.5. The number of hydrogen-bond donors (Lipinski definition) is 3. The van der Waals surface area contributed by atoms with Gasteiger partial charge in [0.2, 0.25) is 0 Å². The van der Waals surface area contributed by atoms with Gasteiger partial charge in [0.1, 0.15) is 5.75 Å². The zero-order valence-electron chi connectivity index (χ0n) is 17.2. The van der Waals surface area contributed by atoms with Gasteiger partial charge in [-0.25, -0.2) is 19.4 Å². The molecule has 0 atom stereocenters. The smallest absolute Gasteiger partial charge is 0.335 e. The summed E-state index contributed by atoms with van der Waals surface area (Å²) in [5.74, 6) is -3.78. The Morgan fingerprint density at radius 3 is 1.68 bits per heavy atom. The van der Waals surface area contributed by atoms with Crippen molar-refractivity contribution in [2.75, 3.05) is 0 Å². The molecular formula is C23H15N3O8. The van der Waals surface area contributed by atoms with E-state index in [2.05, 4.69) is 15.0 Å². The van der Waals surface area contributed by atoms with Gasteiger partial charge >= 0.3 is 17.9 Å². The fourth-order valence-corrected chi connectivity index (χ4v) is 2.73. The Hall–Kier alpha value is -5.19. The molecule has 1 heterocycles. The molecule has 170 valence electrons. The highest BCUT2D eigenvalue weighted by molar-refractivity contribution is 5.96. The molecule has 11 heteroatoms. The van der Waals surface area contributed by atoms with Gasteiger partial charge in [-0.15, -0.1) is 0 Å². The molecule has 0 amide bonds. The Kier molecular flexibility index (Phi) is 7.19. The Bertz CT molecular complexity index is 1320. The van der Waals surface area contributed by atoms with Gasteiger partial charge in [-0.3, -0.25) is 14.8 Å². The Morgan fingerprint density at radius 2 is 1.21 bits per heavy atom. The fourth-order valence-electron chi connectivity index (χ4n) is 2.73. The van der Waals surface area contributed by atoms with Gasteiger partial charge in [0.25, 0.3) is 6.47 Å². The molecule has 0 bridgehead atoms. The molecule has 0 fully saturated rings. The highest BCUT2D eigenvalue weighted by Crippen LogP contribution is 2.23. The van der Waals surface area contributed by atoms with Crippen molar-refractivity contribution in [3.05, 3.63) is 82.7 Å². The number of aromatic nitrogens is 1. The Balaban J connectivity index is 1.86. The van der Waals surface area contributed by atoms with Crippen LogP contribution in [0.25, 0.3) is 0 Å². The second kappa shape index (κ2) is 10.4. The van der Waals surface area contributed by atoms with Crippen LogP contribution in [0, 0.1) is 0 Å². The van der Waals surface area contributed by atoms with Gasteiger partial charge < -0.3 is 20.1 Å². The highest BCUT2D eigenvalue weighted by atomic mass is 16.5. The lowest BCUT2D eigenvalue weighted by Gasteiger charge is -2.03. The molecule has 3 aromatic rings. The summed E-state index contributed by atoms with van der Waals surface area (Å²) in [5.41, 5.74) is 0.518.